The number of nitrogens with zero attached hydrogens (tertiary/aromatic N) is 1. The van der Waals surface area contributed by atoms with Crippen LogP contribution in [0.5, 0.6) is 0 Å². The monoisotopic (exact) mass is 317 g/mol. The van der Waals surface area contributed by atoms with E-state index in [-0.39, 0.29) is 18.6 Å². The van der Waals surface area contributed by atoms with E-state index >= 15 is 0 Å². The van der Waals surface area contributed by atoms with Crippen molar-refractivity contribution in [1.29, 1.82) is 0 Å². The molecule has 1 amide bonds. The van der Waals surface area contributed by atoms with E-state index in [9.17, 15) is 9.59 Å². The third kappa shape index (κ3) is 3.72. The number of hydrogen-bond donors (Lipinski definition) is 1. The first-order chi connectivity index (χ1) is 11.0. The Morgan fingerprint density at radius 1 is 1.22 bits per heavy atom. The number of amides is 1. The van der Waals surface area contributed by atoms with E-state index in [2.05, 4.69) is 24.3 Å². The topological polar surface area (TPSA) is 66.8 Å². The van der Waals surface area contributed by atoms with Crippen molar-refractivity contribution in [3.05, 3.63) is 35.9 Å². The lowest BCUT2D eigenvalue weighted by atomic mass is 9.70. The highest BCUT2D eigenvalue weighted by Crippen LogP contribution is 2.43. The highest BCUT2D eigenvalue weighted by atomic mass is 16.5. The molecule has 5 heteroatoms. The zero-order valence-electron chi connectivity index (χ0n) is 13.4. The molecule has 1 aromatic carbocycles. The molecule has 1 aliphatic carbocycles. The van der Waals surface area contributed by atoms with Crippen LogP contribution in [-0.2, 0) is 14.3 Å². The summed E-state index contributed by atoms with van der Waals surface area (Å²) in [5.41, 5.74) is 1.35. The molecule has 2 atom stereocenters. The smallest absolute Gasteiger partial charge is 0.334 e. The number of ether oxygens (including phenoxy) is 1. The van der Waals surface area contributed by atoms with Crippen molar-refractivity contribution >= 4 is 11.9 Å². The lowest BCUT2D eigenvalue weighted by Crippen LogP contribution is -2.52. The van der Waals surface area contributed by atoms with Crippen LogP contribution in [0.4, 0.5) is 0 Å². The second-order valence-electron chi connectivity index (χ2n) is 6.72. The molecule has 0 bridgehead atoms. The molecule has 0 radical (unpaired) electrons. The van der Waals surface area contributed by atoms with Gasteiger partial charge in [0.1, 0.15) is 0 Å². The van der Waals surface area contributed by atoms with Gasteiger partial charge in [-0.3, -0.25) is 4.79 Å². The van der Waals surface area contributed by atoms with Gasteiger partial charge in [0.25, 0.3) is 0 Å². The van der Waals surface area contributed by atoms with Crippen molar-refractivity contribution in [2.45, 2.75) is 44.3 Å². The lowest BCUT2D eigenvalue weighted by molar-refractivity contribution is -0.167. The van der Waals surface area contributed by atoms with Gasteiger partial charge in [-0.05, 0) is 37.2 Å². The van der Waals surface area contributed by atoms with Gasteiger partial charge in [-0.1, -0.05) is 30.3 Å². The first kappa shape index (κ1) is 16.0. The van der Waals surface area contributed by atoms with Crippen LogP contribution in [0.15, 0.2) is 30.3 Å². The van der Waals surface area contributed by atoms with Crippen LogP contribution in [0, 0.1) is 5.92 Å². The second kappa shape index (κ2) is 6.71. The predicted molar refractivity (Wildman–Crippen MR) is 85.1 cm³/mol. The van der Waals surface area contributed by atoms with Gasteiger partial charge in [-0.25, -0.2) is 4.79 Å². The third-order valence-electron chi connectivity index (χ3n) is 4.86. The Bertz CT molecular complexity index is 568. The van der Waals surface area contributed by atoms with E-state index < -0.39 is 12.1 Å². The second-order valence-corrected chi connectivity index (χ2v) is 6.72. The number of carboxylic acids is 1. The van der Waals surface area contributed by atoms with Crippen molar-refractivity contribution in [2.75, 3.05) is 13.1 Å². The van der Waals surface area contributed by atoms with Gasteiger partial charge in [0.2, 0.25) is 5.91 Å². The van der Waals surface area contributed by atoms with Crippen LogP contribution >= 0.6 is 0 Å². The highest BCUT2D eigenvalue weighted by Gasteiger charge is 2.36. The summed E-state index contributed by atoms with van der Waals surface area (Å²) in [5.74, 6) is 0.0311. The van der Waals surface area contributed by atoms with E-state index in [4.69, 9.17) is 9.84 Å². The van der Waals surface area contributed by atoms with Crippen molar-refractivity contribution < 1.29 is 19.4 Å². The summed E-state index contributed by atoms with van der Waals surface area (Å²) in [6, 6.07) is 10.4. The molecule has 1 aliphatic heterocycles. The number of carboxylic acid groups (broad SMARTS) is 1. The van der Waals surface area contributed by atoms with Crippen LogP contribution in [0.3, 0.4) is 0 Å². The predicted octanol–water partition coefficient (Wildman–Crippen LogP) is 2.27. The summed E-state index contributed by atoms with van der Waals surface area (Å²) in [6.07, 6.45) is 1.46. The zero-order valence-corrected chi connectivity index (χ0v) is 13.4. The maximum atomic E-state index is 12.4. The van der Waals surface area contributed by atoms with Crippen molar-refractivity contribution in [1.82, 2.24) is 4.90 Å². The fourth-order valence-corrected chi connectivity index (χ4v) is 3.57. The van der Waals surface area contributed by atoms with Gasteiger partial charge in [-0.2, -0.15) is 0 Å². The molecule has 23 heavy (non-hydrogen) atoms. The van der Waals surface area contributed by atoms with Gasteiger partial charge in [0.05, 0.1) is 12.6 Å². The Kier molecular flexibility index (Phi) is 4.66. The van der Waals surface area contributed by atoms with Crippen LogP contribution < -0.4 is 0 Å². The molecule has 1 unspecified atom stereocenters. The number of aliphatic carboxylic acids is 1. The van der Waals surface area contributed by atoms with E-state index in [1.54, 1.807) is 4.90 Å². The summed E-state index contributed by atoms with van der Waals surface area (Å²) in [4.78, 5) is 25.2. The number of hydrogen-bond acceptors (Lipinski definition) is 3. The van der Waals surface area contributed by atoms with Crippen molar-refractivity contribution in [2.24, 2.45) is 5.92 Å². The van der Waals surface area contributed by atoms with Crippen LogP contribution in [0.1, 0.15) is 37.7 Å². The summed E-state index contributed by atoms with van der Waals surface area (Å²) in [5, 5.41) is 9.09. The quantitative estimate of drug-likeness (QED) is 0.925. The minimum atomic E-state index is -0.998. The molecule has 2 aliphatic rings. The Labute approximate surface area is 136 Å². The normalized spacial score (nSPS) is 30.6. The maximum absolute atomic E-state index is 12.4. The third-order valence-corrected chi connectivity index (χ3v) is 4.86. The molecular weight excluding hydrogens is 294 g/mol. The van der Waals surface area contributed by atoms with E-state index in [0.29, 0.717) is 24.8 Å². The molecule has 0 aromatic heterocycles. The van der Waals surface area contributed by atoms with E-state index in [1.165, 1.54) is 5.56 Å². The van der Waals surface area contributed by atoms with Gasteiger partial charge in [0, 0.05) is 13.0 Å². The van der Waals surface area contributed by atoms with Crippen molar-refractivity contribution in [3.63, 3.8) is 0 Å². The van der Waals surface area contributed by atoms with Gasteiger partial charge in [-0.15, -0.1) is 0 Å². The average Bonchev–Trinajstić information content (AvgIpc) is 2.50. The molecule has 3 rings (SSSR count). The molecule has 2 fully saturated rings. The van der Waals surface area contributed by atoms with Crippen LogP contribution in [0.2, 0.25) is 0 Å². The first-order valence-corrected chi connectivity index (χ1v) is 8.24. The van der Waals surface area contributed by atoms with Crippen molar-refractivity contribution in [3.8, 4) is 0 Å². The standard InChI is InChI=1S/C18H23NO4/c1-12-10-19(11-16(23-12)18(21)22)17(20)9-13-7-15(8-13)14-5-3-2-4-6-14/h2-6,12-13,15-16H,7-11H2,1H3,(H,21,22)/t12-,13?,15?,16?/m1/s1. The Hall–Kier alpha value is -1.88. The minimum absolute atomic E-state index is 0.0583. The number of rotatable bonds is 4. The SMILES string of the molecule is C[C@@H]1CN(C(=O)CC2CC(c3ccccc3)C2)CC(C(=O)O)O1. The van der Waals surface area contributed by atoms with Gasteiger partial charge >= 0.3 is 5.97 Å². The Balaban J connectivity index is 1.49. The lowest BCUT2D eigenvalue weighted by Gasteiger charge is -2.39. The molecule has 0 spiro atoms. The number of benzene rings is 1. The van der Waals surface area contributed by atoms with Gasteiger partial charge in [0.15, 0.2) is 6.10 Å². The van der Waals surface area contributed by atoms with Crippen LogP contribution in [0.25, 0.3) is 0 Å². The fraction of sp³-hybridized carbons (Fsp3) is 0.556. The zero-order chi connectivity index (χ0) is 16.4. The molecular formula is C18H23NO4. The van der Waals surface area contributed by atoms with E-state index in [1.807, 2.05) is 13.0 Å². The molecule has 1 aromatic rings. The Morgan fingerprint density at radius 2 is 1.91 bits per heavy atom. The summed E-state index contributed by atoms with van der Waals surface area (Å²) < 4.78 is 5.35. The molecule has 1 saturated carbocycles. The summed E-state index contributed by atoms with van der Waals surface area (Å²) >= 11 is 0. The van der Waals surface area contributed by atoms with E-state index in [0.717, 1.165) is 12.8 Å². The van der Waals surface area contributed by atoms with Crippen LogP contribution in [-0.4, -0.2) is 47.2 Å². The largest absolute Gasteiger partial charge is 0.479 e. The molecule has 5 nitrogen and oxygen atoms in total. The molecule has 1 heterocycles. The fourth-order valence-electron chi connectivity index (χ4n) is 3.57. The molecule has 1 N–H and O–H groups in total. The summed E-state index contributed by atoms with van der Waals surface area (Å²) in [7, 11) is 0. The molecule has 1 saturated heterocycles. The average molecular weight is 317 g/mol. The number of carbonyl (C=O) groups is 2. The first-order valence-electron chi connectivity index (χ1n) is 8.24. The summed E-state index contributed by atoms with van der Waals surface area (Å²) in [6.45, 7) is 2.45. The van der Waals surface area contributed by atoms with Gasteiger partial charge < -0.3 is 14.7 Å². The maximum Gasteiger partial charge on any atom is 0.334 e. The minimum Gasteiger partial charge on any atom is -0.479 e. The Morgan fingerprint density at radius 3 is 2.57 bits per heavy atom. The number of carbonyl (C=O) groups excluding carboxylic acids is 1. The molecule has 124 valence electrons. The highest BCUT2D eigenvalue weighted by molar-refractivity contribution is 5.79. The number of morpholine rings is 1.